The summed E-state index contributed by atoms with van der Waals surface area (Å²) < 4.78 is 22.3. The zero-order chi connectivity index (χ0) is 13.9. The molecule has 0 unspecified atom stereocenters. The maximum absolute atomic E-state index is 11.1. The summed E-state index contributed by atoms with van der Waals surface area (Å²) in [4.78, 5) is 8.51. The molecular formula is C12H20N4O2S. The van der Waals surface area contributed by atoms with Gasteiger partial charge in [-0.3, -0.25) is 4.90 Å². The molecule has 0 aromatic carbocycles. The highest BCUT2D eigenvalue weighted by molar-refractivity contribution is 7.90. The molecule has 0 aliphatic carbocycles. The van der Waals surface area contributed by atoms with Crippen molar-refractivity contribution in [3.05, 3.63) is 18.3 Å². The summed E-state index contributed by atoms with van der Waals surface area (Å²) in [6, 6.07) is 3.76. The van der Waals surface area contributed by atoms with Gasteiger partial charge in [0, 0.05) is 39.0 Å². The highest BCUT2D eigenvalue weighted by Gasteiger charge is 2.18. The van der Waals surface area contributed by atoms with Gasteiger partial charge in [-0.25, -0.2) is 13.4 Å². The lowest BCUT2D eigenvalue weighted by atomic mass is 10.2. The minimum Gasteiger partial charge on any atom is -0.384 e. The Kier molecular flexibility index (Phi) is 4.26. The molecular weight excluding hydrogens is 264 g/mol. The van der Waals surface area contributed by atoms with E-state index in [1.807, 2.05) is 6.07 Å². The van der Waals surface area contributed by atoms with Crippen molar-refractivity contribution in [3.8, 4) is 0 Å². The molecule has 1 aromatic heterocycles. The molecule has 1 saturated heterocycles. The predicted molar refractivity (Wildman–Crippen MR) is 77.0 cm³/mol. The van der Waals surface area contributed by atoms with Crippen molar-refractivity contribution in [1.29, 1.82) is 0 Å². The lowest BCUT2D eigenvalue weighted by Gasteiger charge is -2.35. The van der Waals surface area contributed by atoms with Crippen LogP contribution in [-0.2, 0) is 9.84 Å². The van der Waals surface area contributed by atoms with Gasteiger partial charge in [0.2, 0.25) is 0 Å². The second-order valence-electron chi connectivity index (χ2n) is 4.90. The van der Waals surface area contributed by atoms with E-state index in [9.17, 15) is 8.42 Å². The van der Waals surface area contributed by atoms with Crippen LogP contribution in [0.1, 0.15) is 0 Å². The number of anilines is 2. The van der Waals surface area contributed by atoms with Crippen molar-refractivity contribution in [2.75, 3.05) is 55.4 Å². The summed E-state index contributed by atoms with van der Waals surface area (Å²) >= 11 is 0. The number of nitrogens with zero attached hydrogens (tertiary/aromatic N) is 3. The number of hydrogen-bond donors (Lipinski definition) is 1. The van der Waals surface area contributed by atoms with E-state index in [1.165, 1.54) is 6.26 Å². The van der Waals surface area contributed by atoms with Crippen molar-refractivity contribution in [1.82, 2.24) is 9.88 Å². The molecule has 1 aliphatic heterocycles. The smallest absolute Gasteiger partial charge is 0.148 e. The van der Waals surface area contributed by atoms with Crippen molar-refractivity contribution in [2.24, 2.45) is 0 Å². The first-order valence-corrected chi connectivity index (χ1v) is 8.37. The van der Waals surface area contributed by atoms with Gasteiger partial charge in [0.25, 0.3) is 0 Å². The summed E-state index contributed by atoms with van der Waals surface area (Å²) in [5, 5.41) is 0. The monoisotopic (exact) mass is 284 g/mol. The molecule has 19 heavy (non-hydrogen) atoms. The van der Waals surface area contributed by atoms with Crippen molar-refractivity contribution in [3.63, 3.8) is 0 Å². The molecule has 2 rings (SSSR count). The third kappa shape index (κ3) is 4.36. The fourth-order valence-electron chi connectivity index (χ4n) is 2.11. The van der Waals surface area contributed by atoms with E-state index in [1.54, 1.807) is 12.3 Å². The van der Waals surface area contributed by atoms with Crippen molar-refractivity contribution in [2.45, 2.75) is 0 Å². The minimum absolute atomic E-state index is 0.233. The van der Waals surface area contributed by atoms with Crippen LogP contribution in [0.25, 0.3) is 0 Å². The molecule has 0 spiro atoms. The molecule has 0 radical (unpaired) electrons. The van der Waals surface area contributed by atoms with E-state index in [4.69, 9.17) is 5.73 Å². The Morgan fingerprint density at radius 1 is 1.26 bits per heavy atom. The number of nitrogen functional groups attached to an aromatic ring is 1. The van der Waals surface area contributed by atoms with Crippen molar-refractivity contribution < 1.29 is 8.42 Å². The summed E-state index contributed by atoms with van der Waals surface area (Å²) in [5.74, 6) is 0.756. The van der Waals surface area contributed by atoms with Crippen LogP contribution in [0.15, 0.2) is 18.3 Å². The van der Waals surface area contributed by atoms with Gasteiger partial charge in [-0.15, -0.1) is 0 Å². The number of sulfone groups is 1. The average molecular weight is 284 g/mol. The standard InChI is InChI=1S/C12H20N4O2S/c1-19(17,18)9-8-15-4-6-16(7-5-15)11-2-3-12(13)14-10-11/h2-3,10H,4-9H2,1H3,(H2,13,14). The Morgan fingerprint density at radius 3 is 2.47 bits per heavy atom. The fourth-order valence-corrected chi connectivity index (χ4v) is 2.70. The van der Waals surface area contributed by atoms with E-state index >= 15 is 0 Å². The van der Waals surface area contributed by atoms with Crippen LogP contribution in [0, 0.1) is 0 Å². The minimum atomic E-state index is -2.87. The summed E-state index contributed by atoms with van der Waals surface area (Å²) in [6.45, 7) is 4.14. The Balaban J connectivity index is 1.84. The van der Waals surface area contributed by atoms with Gasteiger partial charge in [-0.05, 0) is 12.1 Å². The third-order valence-corrected chi connectivity index (χ3v) is 4.21. The Labute approximate surface area is 114 Å². The second kappa shape index (κ2) is 5.75. The van der Waals surface area contributed by atoms with Gasteiger partial charge < -0.3 is 10.6 Å². The number of hydrogen-bond acceptors (Lipinski definition) is 6. The number of aromatic nitrogens is 1. The van der Waals surface area contributed by atoms with Crippen LogP contribution in [0.3, 0.4) is 0 Å². The number of piperazine rings is 1. The zero-order valence-electron chi connectivity index (χ0n) is 11.1. The topological polar surface area (TPSA) is 79.5 Å². The number of rotatable bonds is 4. The molecule has 0 atom stereocenters. The first kappa shape index (κ1) is 14.1. The van der Waals surface area contributed by atoms with Gasteiger partial charge in [0.1, 0.15) is 15.7 Å². The molecule has 1 fully saturated rings. The normalized spacial score (nSPS) is 17.6. The van der Waals surface area contributed by atoms with E-state index in [0.29, 0.717) is 12.4 Å². The maximum atomic E-state index is 11.1. The predicted octanol–water partition coefficient (Wildman–Crippen LogP) is -0.170. The highest BCUT2D eigenvalue weighted by atomic mass is 32.2. The first-order chi connectivity index (χ1) is 8.94. The number of pyridine rings is 1. The van der Waals surface area contributed by atoms with Crippen LogP contribution < -0.4 is 10.6 Å². The Bertz CT molecular complexity index is 507. The van der Waals surface area contributed by atoms with E-state index < -0.39 is 9.84 Å². The lowest BCUT2D eigenvalue weighted by molar-refractivity contribution is 0.272. The van der Waals surface area contributed by atoms with Gasteiger partial charge in [0.15, 0.2) is 0 Å². The van der Waals surface area contributed by atoms with Crippen molar-refractivity contribution >= 4 is 21.3 Å². The summed E-state index contributed by atoms with van der Waals surface area (Å²) in [7, 11) is -2.87. The van der Waals surface area contributed by atoms with E-state index in [-0.39, 0.29) is 5.75 Å². The van der Waals surface area contributed by atoms with Crippen LogP contribution in [-0.4, -0.2) is 63.0 Å². The Morgan fingerprint density at radius 2 is 1.95 bits per heavy atom. The van der Waals surface area contributed by atoms with Gasteiger partial charge in [0.05, 0.1) is 17.6 Å². The molecule has 1 aromatic rings. The SMILES string of the molecule is CS(=O)(=O)CCN1CCN(c2ccc(N)nc2)CC1. The molecule has 6 nitrogen and oxygen atoms in total. The first-order valence-electron chi connectivity index (χ1n) is 6.30. The highest BCUT2D eigenvalue weighted by Crippen LogP contribution is 2.16. The van der Waals surface area contributed by atoms with Gasteiger partial charge in [-0.1, -0.05) is 0 Å². The van der Waals surface area contributed by atoms with Gasteiger partial charge >= 0.3 is 0 Å². The molecule has 106 valence electrons. The molecule has 2 N–H and O–H groups in total. The molecule has 2 heterocycles. The van der Waals surface area contributed by atoms with Crippen LogP contribution in [0.2, 0.25) is 0 Å². The molecule has 7 heteroatoms. The maximum Gasteiger partial charge on any atom is 0.148 e. The summed E-state index contributed by atoms with van der Waals surface area (Å²) in [5.41, 5.74) is 6.63. The largest absolute Gasteiger partial charge is 0.384 e. The average Bonchev–Trinajstić information content (AvgIpc) is 2.37. The molecule has 0 bridgehead atoms. The second-order valence-corrected chi connectivity index (χ2v) is 7.16. The van der Waals surface area contributed by atoms with Crippen LogP contribution >= 0.6 is 0 Å². The third-order valence-electron chi connectivity index (χ3n) is 3.29. The summed E-state index contributed by atoms with van der Waals surface area (Å²) in [6.07, 6.45) is 3.06. The molecule has 0 amide bonds. The lowest BCUT2D eigenvalue weighted by Crippen LogP contribution is -2.47. The Hall–Kier alpha value is -1.34. The van der Waals surface area contributed by atoms with Crippen LogP contribution in [0.4, 0.5) is 11.5 Å². The van der Waals surface area contributed by atoms with Gasteiger partial charge in [-0.2, -0.15) is 0 Å². The van der Waals surface area contributed by atoms with E-state index in [2.05, 4.69) is 14.8 Å². The molecule has 0 saturated carbocycles. The quantitative estimate of drug-likeness (QED) is 0.827. The fraction of sp³-hybridized carbons (Fsp3) is 0.583. The molecule has 1 aliphatic rings. The van der Waals surface area contributed by atoms with Crippen LogP contribution in [0.5, 0.6) is 0 Å². The zero-order valence-corrected chi connectivity index (χ0v) is 11.9. The van der Waals surface area contributed by atoms with E-state index in [0.717, 1.165) is 31.9 Å². The number of nitrogens with two attached hydrogens (primary N) is 1.